The Morgan fingerprint density at radius 1 is 1.25 bits per heavy atom. The molecule has 0 radical (unpaired) electrons. The largest absolute Gasteiger partial charge is 0.370 e. The quantitative estimate of drug-likeness (QED) is 0.715. The van der Waals surface area contributed by atoms with Gasteiger partial charge in [0.15, 0.2) is 0 Å². The molecule has 0 atom stereocenters. The summed E-state index contributed by atoms with van der Waals surface area (Å²) < 4.78 is 0. The van der Waals surface area contributed by atoms with Crippen molar-refractivity contribution in [1.29, 1.82) is 0 Å². The first-order valence-corrected chi connectivity index (χ1v) is 9.88. The molecular formula is C22H23N5O. The fourth-order valence-corrected chi connectivity index (χ4v) is 3.70. The Hall–Kier alpha value is -3.15. The van der Waals surface area contributed by atoms with Crippen molar-refractivity contribution in [3.8, 4) is 0 Å². The van der Waals surface area contributed by atoms with Gasteiger partial charge in [-0.1, -0.05) is 6.08 Å². The number of aromatic nitrogens is 3. The first-order chi connectivity index (χ1) is 13.8. The van der Waals surface area contributed by atoms with Crippen molar-refractivity contribution in [2.24, 2.45) is 5.92 Å². The van der Waals surface area contributed by atoms with E-state index in [0.29, 0.717) is 18.7 Å². The molecule has 4 heterocycles. The molecule has 0 spiro atoms. The van der Waals surface area contributed by atoms with Crippen molar-refractivity contribution in [2.75, 3.05) is 25.0 Å². The number of carbonyl (C=O) groups is 1. The summed E-state index contributed by atoms with van der Waals surface area (Å²) in [4.78, 5) is 26.7. The number of aromatic amines is 1. The van der Waals surface area contributed by atoms with Crippen LogP contribution in [0.25, 0.3) is 16.6 Å². The number of carbonyl (C=O) groups excluding carboxylic acids is 1. The Kier molecular flexibility index (Phi) is 4.31. The van der Waals surface area contributed by atoms with Gasteiger partial charge in [0.05, 0.1) is 5.56 Å². The number of pyridine rings is 2. The van der Waals surface area contributed by atoms with Crippen LogP contribution in [0.4, 0.5) is 5.82 Å². The van der Waals surface area contributed by atoms with Crippen LogP contribution in [0.1, 0.15) is 35.2 Å². The summed E-state index contributed by atoms with van der Waals surface area (Å²) in [7, 11) is 0. The molecule has 1 saturated carbocycles. The molecule has 3 aromatic rings. The maximum Gasteiger partial charge on any atom is 0.255 e. The maximum atomic E-state index is 12.8. The summed E-state index contributed by atoms with van der Waals surface area (Å²) in [5.41, 5.74) is 3.99. The van der Waals surface area contributed by atoms with E-state index < -0.39 is 0 Å². The van der Waals surface area contributed by atoms with Gasteiger partial charge in [-0.2, -0.15) is 0 Å². The van der Waals surface area contributed by atoms with E-state index in [1.54, 1.807) is 12.4 Å². The lowest BCUT2D eigenvalue weighted by Gasteiger charge is -2.26. The van der Waals surface area contributed by atoms with Crippen LogP contribution in [-0.4, -0.2) is 45.4 Å². The van der Waals surface area contributed by atoms with Crippen LogP contribution in [0.5, 0.6) is 0 Å². The number of rotatable bonds is 5. The lowest BCUT2D eigenvalue weighted by Crippen LogP contribution is -2.34. The second-order valence-electron chi connectivity index (χ2n) is 7.59. The molecule has 142 valence electrons. The van der Waals surface area contributed by atoms with Gasteiger partial charge in [0, 0.05) is 49.2 Å². The monoisotopic (exact) mass is 373 g/mol. The summed E-state index contributed by atoms with van der Waals surface area (Å²) in [5.74, 6) is 1.68. The Morgan fingerprint density at radius 3 is 2.93 bits per heavy atom. The van der Waals surface area contributed by atoms with E-state index in [2.05, 4.69) is 32.4 Å². The predicted molar refractivity (Wildman–Crippen MR) is 110 cm³/mol. The maximum absolute atomic E-state index is 12.8. The van der Waals surface area contributed by atoms with Gasteiger partial charge in [-0.15, -0.1) is 0 Å². The molecule has 0 unspecified atom stereocenters. The number of amides is 1. The molecule has 0 aromatic carbocycles. The highest BCUT2D eigenvalue weighted by atomic mass is 16.2. The summed E-state index contributed by atoms with van der Waals surface area (Å²) in [5, 5.41) is 4.47. The highest BCUT2D eigenvalue weighted by molar-refractivity contribution is 5.95. The molecule has 0 saturated heterocycles. The summed E-state index contributed by atoms with van der Waals surface area (Å²) >= 11 is 0. The van der Waals surface area contributed by atoms with Crippen molar-refractivity contribution in [3.63, 3.8) is 0 Å². The summed E-state index contributed by atoms with van der Waals surface area (Å²) in [6.07, 6.45) is 11.1. The third-order valence-electron chi connectivity index (χ3n) is 5.57. The van der Waals surface area contributed by atoms with E-state index in [1.807, 2.05) is 29.3 Å². The average molecular weight is 373 g/mol. The van der Waals surface area contributed by atoms with Gasteiger partial charge in [0.25, 0.3) is 5.91 Å². The average Bonchev–Trinajstić information content (AvgIpc) is 3.49. The van der Waals surface area contributed by atoms with Crippen molar-refractivity contribution in [2.45, 2.75) is 19.3 Å². The zero-order valence-electron chi connectivity index (χ0n) is 15.7. The summed E-state index contributed by atoms with van der Waals surface area (Å²) in [6, 6.07) is 7.81. The molecule has 1 fully saturated rings. The Balaban J connectivity index is 1.26. The third-order valence-corrected chi connectivity index (χ3v) is 5.57. The van der Waals surface area contributed by atoms with Crippen LogP contribution in [0.15, 0.2) is 48.9 Å². The van der Waals surface area contributed by atoms with Crippen molar-refractivity contribution in [1.82, 2.24) is 19.9 Å². The zero-order chi connectivity index (χ0) is 18.9. The van der Waals surface area contributed by atoms with Crippen LogP contribution in [0.2, 0.25) is 0 Å². The molecule has 1 aliphatic heterocycles. The van der Waals surface area contributed by atoms with Crippen LogP contribution in [-0.2, 0) is 0 Å². The molecular weight excluding hydrogens is 350 g/mol. The van der Waals surface area contributed by atoms with Gasteiger partial charge in [0.2, 0.25) is 0 Å². The van der Waals surface area contributed by atoms with Crippen LogP contribution in [0.3, 0.4) is 0 Å². The van der Waals surface area contributed by atoms with Gasteiger partial charge >= 0.3 is 0 Å². The minimum Gasteiger partial charge on any atom is -0.370 e. The minimum absolute atomic E-state index is 0.0390. The molecule has 2 N–H and O–H groups in total. The van der Waals surface area contributed by atoms with Crippen molar-refractivity contribution < 1.29 is 4.79 Å². The van der Waals surface area contributed by atoms with E-state index in [9.17, 15) is 4.79 Å². The number of H-pyrrole nitrogens is 1. The molecule has 5 rings (SSSR count). The van der Waals surface area contributed by atoms with E-state index in [4.69, 9.17) is 0 Å². The normalized spacial score (nSPS) is 16.9. The second-order valence-corrected chi connectivity index (χ2v) is 7.59. The van der Waals surface area contributed by atoms with E-state index in [1.165, 1.54) is 24.0 Å². The lowest BCUT2D eigenvalue weighted by atomic mass is 9.99. The molecule has 1 aliphatic carbocycles. The Bertz CT molecular complexity index is 1030. The first-order valence-electron chi connectivity index (χ1n) is 9.88. The van der Waals surface area contributed by atoms with E-state index in [-0.39, 0.29) is 5.91 Å². The van der Waals surface area contributed by atoms with E-state index >= 15 is 0 Å². The van der Waals surface area contributed by atoms with Crippen molar-refractivity contribution >= 4 is 28.3 Å². The first kappa shape index (κ1) is 17.0. The zero-order valence-corrected chi connectivity index (χ0v) is 15.7. The van der Waals surface area contributed by atoms with Gasteiger partial charge in [0.1, 0.15) is 11.5 Å². The molecule has 1 amide bonds. The molecule has 2 aliphatic rings. The molecule has 6 nitrogen and oxygen atoms in total. The lowest BCUT2D eigenvalue weighted by molar-refractivity contribution is 0.0772. The number of fused-ring (bicyclic) bond motifs is 1. The highest BCUT2D eigenvalue weighted by Crippen LogP contribution is 2.29. The molecule has 3 aromatic heterocycles. The topological polar surface area (TPSA) is 73.9 Å². The van der Waals surface area contributed by atoms with Crippen LogP contribution < -0.4 is 5.32 Å². The Morgan fingerprint density at radius 2 is 2.18 bits per heavy atom. The van der Waals surface area contributed by atoms with Crippen molar-refractivity contribution in [3.05, 3.63) is 60.1 Å². The fourth-order valence-electron chi connectivity index (χ4n) is 3.70. The van der Waals surface area contributed by atoms with Crippen LogP contribution in [0, 0.1) is 5.92 Å². The second kappa shape index (κ2) is 7.11. The smallest absolute Gasteiger partial charge is 0.255 e. The summed E-state index contributed by atoms with van der Waals surface area (Å²) in [6.45, 7) is 2.30. The molecule has 6 heteroatoms. The van der Waals surface area contributed by atoms with Gasteiger partial charge < -0.3 is 15.2 Å². The van der Waals surface area contributed by atoms with Gasteiger partial charge in [-0.3, -0.25) is 4.79 Å². The number of hydrogen-bond donors (Lipinski definition) is 2. The van der Waals surface area contributed by atoms with Gasteiger partial charge in [-0.25, -0.2) is 9.97 Å². The number of nitrogens with zero attached hydrogens (tertiary/aromatic N) is 3. The number of nitrogens with one attached hydrogen (secondary N) is 2. The standard InChI is InChI=1S/C22H23N5O/c28-22(17-5-6-20(25-13-17)24-12-15-3-4-15)27-10-7-16(8-11-27)19-14-26-21-18(19)2-1-9-23-21/h1-2,5-7,9,13-15H,3-4,8,10-12H2,(H,23,26)(H,24,25). The molecule has 0 bridgehead atoms. The number of hydrogen-bond acceptors (Lipinski definition) is 4. The Labute approximate surface area is 163 Å². The van der Waals surface area contributed by atoms with E-state index in [0.717, 1.165) is 35.7 Å². The van der Waals surface area contributed by atoms with Gasteiger partial charge in [-0.05, 0) is 55.0 Å². The molecule has 28 heavy (non-hydrogen) atoms. The third kappa shape index (κ3) is 3.38. The predicted octanol–water partition coefficient (Wildman–Crippen LogP) is 3.71. The minimum atomic E-state index is 0.0390. The SMILES string of the molecule is O=C(c1ccc(NCC2CC2)nc1)N1CC=C(c2c[nH]c3ncccc23)CC1. The fraction of sp³-hybridized carbons (Fsp3) is 0.318. The van der Waals surface area contributed by atoms with Crippen LogP contribution >= 0.6 is 0 Å². The number of anilines is 1. The highest BCUT2D eigenvalue weighted by Gasteiger charge is 2.22.